The lowest BCUT2D eigenvalue weighted by Crippen LogP contribution is -2.35. The first-order valence-electron chi connectivity index (χ1n) is 9.64. The van der Waals surface area contributed by atoms with Crippen molar-refractivity contribution >= 4 is 44.6 Å². The van der Waals surface area contributed by atoms with Gasteiger partial charge in [-0.2, -0.15) is 0 Å². The fraction of sp³-hybridized carbons (Fsp3) is 0.182. The number of sulfonamides is 1. The van der Waals surface area contributed by atoms with E-state index in [4.69, 9.17) is 4.74 Å². The van der Waals surface area contributed by atoms with Gasteiger partial charge in [-0.25, -0.2) is 8.42 Å². The Labute approximate surface area is 184 Å². The zero-order valence-electron chi connectivity index (χ0n) is 16.7. The maximum Gasteiger partial charge on any atom is 0.308 e. The summed E-state index contributed by atoms with van der Waals surface area (Å²) in [6.45, 7) is 1.68. The van der Waals surface area contributed by atoms with Gasteiger partial charge in [-0.05, 0) is 60.2 Å². The van der Waals surface area contributed by atoms with Crippen LogP contribution in [0.1, 0.15) is 29.3 Å². The number of nitrogens with one attached hydrogen (secondary N) is 1. The molecule has 0 saturated heterocycles. The Kier molecular flexibility index (Phi) is 5.79. The van der Waals surface area contributed by atoms with Crippen LogP contribution in [0.3, 0.4) is 0 Å². The van der Waals surface area contributed by atoms with Gasteiger partial charge in [-0.1, -0.05) is 18.2 Å². The van der Waals surface area contributed by atoms with Crippen molar-refractivity contribution in [2.75, 3.05) is 16.2 Å². The minimum atomic E-state index is -3.61. The Morgan fingerprint density at radius 3 is 2.65 bits per heavy atom. The van der Waals surface area contributed by atoms with Crippen molar-refractivity contribution in [2.45, 2.75) is 24.0 Å². The zero-order chi connectivity index (χ0) is 22.0. The molecule has 9 heteroatoms. The zero-order valence-corrected chi connectivity index (χ0v) is 18.3. The van der Waals surface area contributed by atoms with E-state index in [-0.39, 0.29) is 11.3 Å². The maximum atomic E-state index is 13.0. The lowest BCUT2D eigenvalue weighted by molar-refractivity contribution is -0.131. The van der Waals surface area contributed by atoms with E-state index < -0.39 is 21.9 Å². The van der Waals surface area contributed by atoms with Crippen molar-refractivity contribution in [1.82, 2.24) is 0 Å². The van der Waals surface area contributed by atoms with Gasteiger partial charge in [0.15, 0.2) is 0 Å². The molecule has 0 saturated carbocycles. The second-order valence-corrected chi connectivity index (χ2v) is 10.0. The third kappa shape index (κ3) is 4.33. The van der Waals surface area contributed by atoms with Crippen LogP contribution in [-0.2, 0) is 21.2 Å². The molecule has 3 aromatic rings. The molecule has 0 unspecified atom stereocenters. The predicted molar refractivity (Wildman–Crippen MR) is 119 cm³/mol. The molecule has 0 fully saturated rings. The fourth-order valence-corrected chi connectivity index (χ4v) is 6.15. The number of carbonyl (C=O) groups excluding carboxylic acids is 2. The summed E-state index contributed by atoms with van der Waals surface area (Å²) < 4.78 is 32.9. The summed E-state index contributed by atoms with van der Waals surface area (Å²) in [5.74, 6) is -0.754. The van der Waals surface area contributed by atoms with Gasteiger partial charge in [0.2, 0.25) is 0 Å². The average Bonchev–Trinajstić information content (AvgIpc) is 3.29. The number of hydrogen-bond donors (Lipinski definition) is 1. The number of rotatable bonds is 5. The molecule has 4 rings (SSSR count). The Bertz CT molecular complexity index is 1240. The number of para-hydroxylation sites is 1. The van der Waals surface area contributed by atoms with Crippen LogP contribution in [0.25, 0.3) is 0 Å². The second-order valence-electron chi connectivity index (χ2n) is 7.00. The Balaban J connectivity index is 1.60. The molecule has 1 aliphatic rings. The van der Waals surface area contributed by atoms with Crippen LogP contribution < -0.4 is 14.4 Å². The van der Waals surface area contributed by atoms with Crippen molar-refractivity contribution in [1.29, 1.82) is 0 Å². The molecule has 1 aromatic heterocycles. The highest BCUT2D eigenvalue weighted by Gasteiger charge is 2.30. The van der Waals surface area contributed by atoms with E-state index in [1.807, 2.05) is 0 Å². The summed E-state index contributed by atoms with van der Waals surface area (Å²) in [6.07, 6.45) is 1.39. The molecule has 2 heterocycles. The molecule has 0 aliphatic carbocycles. The van der Waals surface area contributed by atoms with Crippen LogP contribution in [0.2, 0.25) is 0 Å². The Hall–Kier alpha value is -3.17. The van der Waals surface area contributed by atoms with E-state index in [2.05, 4.69) is 5.32 Å². The standard InChI is InChI=1S/C22H20N2O5S2/c1-15(25)29-20-8-3-2-7-18(20)22(26)23-17-10-11-19-16(14-17)6-4-12-24(19)31(27,28)21-9-5-13-30-21/h2-3,5,7-11,13-14H,4,6,12H2,1H3,(H,23,26). The average molecular weight is 457 g/mol. The largest absolute Gasteiger partial charge is 0.426 e. The molecule has 1 N–H and O–H groups in total. The molecule has 7 nitrogen and oxygen atoms in total. The number of nitrogens with zero attached hydrogens (tertiary/aromatic N) is 1. The lowest BCUT2D eigenvalue weighted by atomic mass is 10.0. The summed E-state index contributed by atoms with van der Waals surface area (Å²) in [5, 5.41) is 4.55. The number of esters is 1. The quantitative estimate of drug-likeness (QED) is 0.462. The van der Waals surface area contributed by atoms with E-state index in [1.54, 1.807) is 60.0 Å². The Morgan fingerprint density at radius 2 is 1.90 bits per heavy atom. The van der Waals surface area contributed by atoms with Gasteiger partial charge < -0.3 is 10.1 Å². The summed E-state index contributed by atoms with van der Waals surface area (Å²) in [5.41, 5.74) is 2.24. The normalized spacial score (nSPS) is 13.4. The fourth-order valence-electron chi connectivity index (χ4n) is 3.51. The summed E-state index contributed by atoms with van der Waals surface area (Å²) >= 11 is 1.19. The van der Waals surface area contributed by atoms with E-state index >= 15 is 0 Å². The minimum absolute atomic E-state index is 0.179. The van der Waals surface area contributed by atoms with Crippen molar-refractivity contribution in [3.63, 3.8) is 0 Å². The van der Waals surface area contributed by atoms with Crippen molar-refractivity contribution in [3.05, 3.63) is 71.1 Å². The third-order valence-corrected chi connectivity index (χ3v) is 8.02. The number of benzene rings is 2. The van der Waals surface area contributed by atoms with Crippen LogP contribution in [0, 0.1) is 0 Å². The van der Waals surface area contributed by atoms with Crippen molar-refractivity contribution in [3.8, 4) is 5.75 Å². The molecule has 2 aromatic carbocycles. The maximum absolute atomic E-state index is 13.0. The van der Waals surface area contributed by atoms with Gasteiger partial charge in [-0.3, -0.25) is 13.9 Å². The topological polar surface area (TPSA) is 92.8 Å². The first-order valence-corrected chi connectivity index (χ1v) is 12.0. The molecule has 160 valence electrons. The second kappa shape index (κ2) is 8.52. The van der Waals surface area contributed by atoms with E-state index in [0.717, 1.165) is 5.56 Å². The number of carbonyl (C=O) groups is 2. The molecule has 1 aliphatic heterocycles. The number of fused-ring (bicyclic) bond motifs is 1. The van der Waals surface area contributed by atoms with Crippen LogP contribution in [-0.4, -0.2) is 26.8 Å². The highest BCUT2D eigenvalue weighted by Crippen LogP contribution is 2.35. The number of aryl methyl sites for hydroxylation is 1. The predicted octanol–water partition coefficient (Wildman–Crippen LogP) is 4.07. The van der Waals surface area contributed by atoms with Crippen LogP contribution in [0.4, 0.5) is 11.4 Å². The number of anilines is 2. The SMILES string of the molecule is CC(=O)Oc1ccccc1C(=O)Nc1ccc2c(c1)CCCN2S(=O)(=O)c1cccs1. The number of amides is 1. The third-order valence-electron chi connectivity index (χ3n) is 4.84. The van der Waals surface area contributed by atoms with E-state index in [9.17, 15) is 18.0 Å². The Morgan fingerprint density at radius 1 is 1.10 bits per heavy atom. The molecular weight excluding hydrogens is 436 g/mol. The smallest absolute Gasteiger partial charge is 0.308 e. The molecule has 0 atom stereocenters. The van der Waals surface area contributed by atoms with Gasteiger partial charge in [0.25, 0.3) is 15.9 Å². The van der Waals surface area contributed by atoms with Crippen LogP contribution in [0.5, 0.6) is 5.75 Å². The molecule has 0 radical (unpaired) electrons. The summed E-state index contributed by atoms with van der Waals surface area (Å²) in [4.78, 5) is 24.1. The highest BCUT2D eigenvalue weighted by atomic mass is 32.2. The van der Waals surface area contributed by atoms with Crippen molar-refractivity contribution < 1.29 is 22.7 Å². The lowest BCUT2D eigenvalue weighted by Gasteiger charge is -2.30. The van der Waals surface area contributed by atoms with Gasteiger partial charge >= 0.3 is 5.97 Å². The molecule has 1 amide bonds. The first-order chi connectivity index (χ1) is 14.9. The first kappa shape index (κ1) is 21.1. The van der Waals surface area contributed by atoms with Crippen LogP contribution >= 0.6 is 11.3 Å². The van der Waals surface area contributed by atoms with Gasteiger partial charge in [-0.15, -0.1) is 11.3 Å². The summed E-state index contributed by atoms with van der Waals surface area (Å²) in [6, 6.07) is 15.0. The monoisotopic (exact) mass is 456 g/mol. The minimum Gasteiger partial charge on any atom is -0.426 e. The molecule has 0 spiro atoms. The number of ether oxygens (including phenoxy) is 1. The molecular formula is C22H20N2O5S2. The summed E-state index contributed by atoms with van der Waals surface area (Å²) in [7, 11) is -3.61. The highest BCUT2D eigenvalue weighted by molar-refractivity contribution is 7.94. The van der Waals surface area contributed by atoms with Crippen LogP contribution in [0.15, 0.2) is 64.2 Å². The number of thiophene rings is 1. The van der Waals surface area contributed by atoms with E-state index in [1.165, 1.54) is 22.6 Å². The number of hydrogen-bond acceptors (Lipinski definition) is 6. The molecule has 31 heavy (non-hydrogen) atoms. The van der Waals surface area contributed by atoms with Crippen molar-refractivity contribution in [2.24, 2.45) is 0 Å². The van der Waals surface area contributed by atoms with Gasteiger partial charge in [0.05, 0.1) is 11.3 Å². The van der Waals surface area contributed by atoms with E-state index in [0.29, 0.717) is 35.0 Å². The van der Waals surface area contributed by atoms with Gasteiger partial charge in [0, 0.05) is 19.2 Å². The van der Waals surface area contributed by atoms with Gasteiger partial charge in [0.1, 0.15) is 9.96 Å². The molecule has 0 bridgehead atoms.